The molecule has 1 N–H and O–H groups in total. The summed E-state index contributed by atoms with van der Waals surface area (Å²) in [5.41, 5.74) is 1.00. The van der Waals surface area contributed by atoms with E-state index in [0.717, 1.165) is 15.7 Å². The summed E-state index contributed by atoms with van der Waals surface area (Å²) in [4.78, 5) is 12.0. The van der Waals surface area contributed by atoms with Gasteiger partial charge in [0.2, 0.25) is 5.13 Å². The molecule has 0 saturated carbocycles. The van der Waals surface area contributed by atoms with Crippen molar-refractivity contribution >= 4 is 40.2 Å². The first kappa shape index (κ1) is 18.3. The summed E-state index contributed by atoms with van der Waals surface area (Å²) >= 11 is 2.93. The fraction of sp³-hybridized carbons (Fsp3) is 0.312. The molecule has 0 fully saturated rings. The predicted molar refractivity (Wildman–Crippen MR) is 98.1 cm³/mol. The molecule has 0 aliphatic rings. The molecule has 8 heteroatoms. The van der Waals surface area contributed by atoms with Crippen molar-refractivity contribution in [2.75, 3.05) is 24.8 Å². The van der Waals surface area contributed by atoms with E-state index in [1.165, 1.54) is 11.3 Å². The Hall–Kier alpha value is -2.06. The lowest BCUT2D eigenvalue weighted by atomic mass is 10.2. The molecule has 0 bridgehead atoms. The highest BCUT2D eigenvalue weighted by Gasteiger charge is 2.11. The SMILES string of the molecule is C/C=C/c1ccc(OCC(=O)Nc2nnc(SCC)s2)c(OC)c1. The summed E-state index contributed by atoms with van der Waals surface area (Å²) in [6.45, 7) is 3.85. The van der Waals surface area contributed by atoms with Crippen molar-refractivity contribution < 1.29 is 14.3 Å². The van der Waals surface area contributed by atoms with E-state index in [1.807, 2.05) is 38.1 Å². The van der Waals surface area contributed by atoms with E-state index in [4.69, 9.17) is 9.47 Å². The molecule has 24 heavy (non-hydrogen) atoms. The smallest absolute Gasteiger partial charge is 0.264 e. The molecule has 6 nitrogen and oxygen atoms in total. The van der Waals surface area contributed by atoms with Gasteiger partial charge in [0.15, 0.2) is 22.4 Å². The number of amides is 1. The van der Waals surface area contributed by atoms with Crippen molar-refractivity contribution in [3.05, 3.63) is 29.8 Å². The Labute approximate surface area is 149 Å². The number of anilines is 1. The molecule has 0 spiro atoms. The first-order valence-corrected chi connectivity index (χ1v) is 9.16. The maximum Gasteiger partial charge on any atom is 0.264 e. The van der Waals surface area contributed by atoms with Gasteiger partial charge >= 0.3 is 0 Å². The van der Waals surface area contributed by atoms with Crippen LogP contribution in [0.2, 0.25) is 0 Å². The highest BCUT2D eigenvalue weighted by Crippen LogP contribution is 2.29. The molecular weight excluding hydrogens is 346 g/mol. The van der Waals surface area contributed by atoms with Crippen LogP contribution in [0.15, 0.2) is 28.6 Å². The van der Waals surface area contributed by atoms with Crippen LogP contribution in [0.4, 0.5) is 5.13 Å². The summed E-state index contributed by atoms with van der Waals surface area (Å²) in [7, 11) is 1.57. The van der Waals surface area contributed by atoms with Crippen LogP contribution >= 0.6 is 23.1 Å². The third kappa shape index (κ3) is 5.24. The van der Waals surface area contributed by atoms with E-state index in [2.05, 4.69) is 15.5 Å². The minimum absolute atomic E-state index is 0.130. The van der Waals surface area contributed by atoms with Gasteiger partial charge in [-0.15, -0.1) is 10.2 Å². The second-order valence-corrected chi connectivity index (χ2v) is 7.04. The summed E-state index contributed by atoms with van der Waals surface area (Å²) in [5, 5.41) is 11.0. The lowest BCUT2D eigenvalue weighted by Crippen LogP contribution is -2.20. The lowest BCUT2D eigenvalue weighted by molar-refractivity contribution is -0.118. The van der Waals surface area contributed by atoms with Gasteiger partial charge in [0.1, 0.15) is 0 Å². The van der Waals surface area contributed by atoms with E-state index in [0.29, 0.717) is 16.6 Å². The van der Waals surface area contributed by atoms with Crippen LogP contribution in [0, 0.1) is 0 Å². The van der Waals surface area contributed by atoms with Gasteiger partial charge in [-0.1, -0.05) is 48.2 Å². The number of allylic oxidation sites excluding steroid dienone is 1. The standard InChI is InChI=1S/C16H19N3O3S2/c1-4-6-11-7-8-12(13(9-11)21-3)22-10-14(20)17-15-18-19-16(24-15)23-5-2/h4,6-9H,5,10H2,1-3H3,(H,17,18,20)/b6-4+. The number of hydrogen-bond donors (Lipinski definition) is 1. The normalized spacial score (nSPS) is 10.8. The largest absolute Gasteiger partial charge is 0.493 e. The molecule has 1 aromatic carbocycles. The topological polar surface area (TPSA) is 73.3 Å². The number of aromatic nitrogens is 2. The van der Waals surface area contributed by atoms with E-state index in [1.54, 1.807) is 24.9 Å². The zero-order valence-corrected chi connectivity index (χ0v) is 15.4. The Morgan fingerprint density at radius 3 is 2.92 bits per heavy atom. The zero-order chi connectivity index (χ0) is 17.4. The maximum absolute atomic E-state index is 12.0. The number of nitrogens with one attached hydrogen (secondary N) is 1. The summed E-state index contributed by atoms with van der Waals surface area (Å²) in [5.74, 6) is 1.71. The molecule has 0 atom stereocenters. The molecule has 0 aliphatic heterocycles. The number of nitrogens with zero attached hydrogens (tertiary/aromatic N) is 2. The molecule has 0 radical (unpaired) electrons. The van der Waals surface area contributed by atoms with Gasteiger partial charge < -0.3 is 9.47 Å². The van der Waals surface area contributed by atoms with Gasteiger partial charge in [-0.05, 0) is 30.4 Å². The zero-order valence-electron chi connectivity index (χ0n) is 13.7. The number of benzene rings is 1. The Morgan fingerprint density at radius 2 is 2.21 bits per heavy atom. The molecule has 0 saturated heterocycles. The average molecular weight is 365 g/mol. The number of rotatable bonds is 8. The monoisotopic (exact) mass is 365 g/mol. The number of methoxy groups -OCH3 is 1. The first-order valence-electron chi connectivity index (χ1n) is 7.36. The van der Waals surface area contributed by atoms with Crippen LogP contribution in [0.3, 0.4) is 0 Å². The van der Waals surface area contributed by atoms with Gasteiger partial charge in [-0.3, -0.25) is 10.1 Å². The molecule has 2 rings (SSSR count). The van der Waals surface area contributed by atoms with Crippen molar-refractivity contribution in [2.45, 2.75) is 18.2 Å². The van der Waals surface area contributed by atoms with Gasteiger partial charge in [0.05, 0.1) is 7.11 Å². The summed E-state index contributed by atoms with van der Waals surface area (Å²) in [6, 6.07) is 5.53. The maximum atomic E-state index is 12.0. The van der Waals surface area contributed by atoms with E-state index in [-0.39, 0.29) is 12.5 Å². The van der Waals surface area contributed by atoms with E-state index < -0.39 is 0 Å². The Bertz CT molecular complexity index is 716. The first-order chi connectivity index (χ1) is 11.7. The van der Waals surface area contributed by atoms with E-state index in [9.17, 15) is 4.79 Å². The summed E-state index contributed by atoms with van der Waals surface area (Å²) in [6.07, 6.45) is 3.90. The minimum atomic E-state index is -0.293. The third-order valence-corrected chi connectivity index (χ3v) is 4.68. The van der Waals surface area contributed by atoms with Crippen LogP contribution < -0.4 is 14.8 Å². The molecule has 0 unspecified atom stereocenters. The number of ether oxygens (including phenoxy) is 2. The predicted octanol–water partition coefficient (Wildman–Crippen LogP) is 3.71. The fourth-order valence-corrected chi connectivity index (χ4v) is 3.51. The van der Waals surface area contributed by atoms with Crippen molar-refractivity contribution in [2.24, 2.45) is 0 Å². The minimum Gasteiger partial charge on any atom is -0.493 e. The molecule has 2 aromatic rings. The number of thioether (sulfide) groups is 1. The van der Waals surface area contributed by atoms with Gasteiger partial charge in [-0.2, -0.15) is 0 Å². The lowest BCUT2D eigenvalue weighted by Gasteiger charge is -2.10. The molecule has 1 aromatic heterocycles. The fourth-order valence-electron chi connectivity index (χ4n) is 1.84. The Kier molecular flexibility index (Phi) is 7.07. The Morgan fingerprint density at radius 1 is 1.38 bits per heavy atom. The third-order valence-electron chi connectivity index (χ3n) is 2.83. The van der Waals surface area contributed by atoms with Crippen molar-refractivity contribution in [1.82, 2.24) is 10.2 Å². The molecule has 1 amide bonds. The number of carbonyl (C=O) groups excluding carboxylic acids is 1. The highest BCUT2D eigenvalue weighted by atomic mass is 32.2. The van der Waals surface area contributed by atoms with Gasteiger partial charge in [0, 0.05) is 0 Å². The van der Waals surface area contributed by atoms with Crippen LogP contribution in [-0.4, -0.2) is 35.6 Å². The van der Waals surface area contributed by atoms with Gasteiger partial charge in [-0.25, -0.2) is 0 Å². The van der Waals surface area contributed by atoms with Crippen LogP contribution in [0.25, 0.3) is 6.08 Å². The van der Waals surface area contributed by atoms with Crippen LogP contribution in [-0.2, 0) is 4.79 Å². The molecule has 128 valence electrons. The van der Waals surface area contributed by atoms with Crippen molar-refractivity contribution in [3.8, 4) is 11.5 Å². The Balaban J connectivity index is 1.93. The van der Waals surface area contributed by atoms with Crippen molar-refractivity contribution in [1.29, 1.82) is 0 Å². The summed E-state index contributed by atoms with van der Waals surface area (Å²) < 4.78 is 11.7. The van der Waals surface area contributed by atoms with E-state index >= 15 is 0 Å². The second-order valence-electron chi connectivity index (χ2n) is 4.55. The van der Waals surface area contributed by atoms with Crippen LogP contribution in [0.1, 0.15) is 19.4 Å². The highest BCUT2D eigenvalue weighted by molar-refractivity contribution is 8.01. The van der Waals surface area contributed by atoms with Crippen LogP contribution in [0.5, 0.6) is 11.5 Å². The number of hydrogen-bond acceptors (Lipinski definition) is 7. The molecule has 0 aliphatic carbocycles. The average Bonchev–Trinajstić information content (AvgIpc) is 3.01. The second kappa shape index (κ2) is 9.29. The molecular formula is C16H19N3O3S2. The van der Waals surface area contributed by atoms with Gasteiger partial charge in [0.25, 0.3) is 5.91 Å². The number of carbonyl (C=O) groups is 1. The quantitative estimate of drug-likeness (QED) is 0.568. The molecule has 1 heterocycles. The van der Waals surface area contributed by atoms with Crippen molar-refractivity contribution in [3.63, 3.8) is 0 Å².